The zero-order valence-corrected chi connectivity index (χ0v) is 13.9. The fourth-order valence-electron chi connectivity index (χ4n) is 3.01. The SMILES string of the molecule is CCCCCOc1ccc(C(CO)N2CCNC(C)C2)cc1. The minimum absolute atomic E-state index is 0.0821. The Morgan fingerprint density at radius 1 is 1.32 bits per heavy atom. The quantitative estimate of drug-likeness (QED) is 0.725. The standard InChI is InChI=1S/C18H30N2O2/c1-3-4-5-12-22-17-8-6-16(7-9-17)18(14-21)20-11-10-19-15(2)13-20/h6-9,15,18-19,21H,3-5,10-14H2,1-2H3. The van der Waals surface area contributed by atoms with Gasteiger partial charge in [0.15, 0.2) is 0 Å². The van der Waals surface area contributed by atoms with Crippen molar-refractivity contribution in [3.63, 3.8) is 0 Å². The van der Waals surface area contributed by atoms with Crippen molar-refractivity contribution < 1.29 is 9.84 Å². The maximum absolute atomic E-state index is 9.79. The van der Waals surface area contributed by atoms with E-state index in [1.165, 1.54) is 12.8 Å². The van der Waals surface area contributed by atoms with Crippen LogP contribution in [-0.4, -0.2) is 48.9 Å². The van der Waals surface area contributed by atoms with Gasteiger partial charge in [0.2, 0.25) is 0 Å². The largest absolute Gasteiger partial charge is 0.494 e. The molecule has 22 heavy (non-hydrogen) atoms. The molecule has 4 heteroatoms. The summed E-state index contributed by atoms with van der Waals surface area (Å²) in [7, 11) is 0. The minimum Gasteiger partial charge on any atom is -0.494 e. The average Bonchev–Trinajstić information content (AvgIpc) is 2.54. The first-order chi connectivity index (χ1) is 10.7. The number of nitrogens with zero attached hydrogens (tertiary/aromatic N) is 1. The first kappa shape index (κ1) is 17.3. The molecule has 2 rings (SSSR count). The molecule has 2 atom stereocenters. The van der Waals surface area contributed by atoms with Gasteiger partial charge in [-0.25, -0.2) is 0 Å². The van der Waals surface area contributed by atoms with Crippen LogP contribution in [0.25, 0.3) is 0 Å². The molecule has 2 unspecified atom stereocenters. The number of ether oxygens (including phenoxy) is 1. The van der Waals surface area contributed by atoms with Gasteiger partial charge in [0, 0.05) is 25.7 Å². The number of unbranched alkanes of at least 4 members (excludes halogenated alkanes) is 2. The van der Waals surface area contributed by atoms with Crippen molar-refractivity contribution in [2.24, 2.45) is 0 Å². The van der Waals surface area contributed by atoms with E-state index in [2.05, 4.69) is 36.2 Å². The third-order valence-electron chi connectivity index (χ3n) is 4.30. The Balaban J connectivity index is 1.92. The van der Waals surface area contributed by atoms with E-state index in [1.807, 2.05) is 12.1 Å². The topological polar surface area (TPSA) is 44.7 Å². The van der Waals surface area contributed by atoms with Crippen LogP contribution in [-0.2, 0) is 0 Å². The van der Waals surface area contributed by atoms with E-state index in [9.17, 15) is 5.11 Å². The number of hydrogen-bond donors (Lipinski definition) is 2. The second-order valence-electron chi connectivity index (χ2n) is 6.17. The molecule has 0 saturated carbocycles. The summed E-state index contributed by atoms with van der Waals surface area (Å²) in [5.41, 5.74) is 1.16. The van der Waals surface area contributed by atoms with Crippen LogP contribution in [0.2, 0.25) is 0 Å². The van der Waals surface area contributed by atoms with E-state index >= 15 is 0 Å². The predicted molar refractivity (Wildman–Crippen MR) is 90.3 cm³/mol. The first-order valence-corrected chi connectivity index (χ1v) is 8.55. The van der Waals surface area contributed by atoms with Gasteiger partial charge in [-0.05, 0) is 31.0 Å². The van der Waals surface area contributed by atoms with Crippen LogP contribution in [0.5, 0.6) is 5.75 Å². The summed E-state index contributed by atoms with van der Waals surface area (Å²) in [6.07, 6.45) is 3.53. The molecule has 1 heterocycles. The second-order valence-corrected chi connectivity index (χ2v) is 6.17. The van der Waals surface area contributed by atoms with Crippen LogP contribution >= 0.6 is 0 Å². The smallest absolute Gasteiger partial charge is 0.119 e. The Kier molecular flexibility index (Phi) is 7.16. The van der Waals surface area contributed by atoms with Gasteiger partial charge >= 0.3 is 0 Å². The highest BCUT2D eigenvalue weighted by Gasteiger charge is 2.24. The van der Waals surface area contributed by atoms with Crippen molar-refractivity contribution in [2.75, 3.05) is 32.8 Å². The Morgan fingerprint density at radius 3 is 2.73 bits per heavy atom. The molecule has 1 aromatic rings. The van der Waals surface area contributed by atoms with Crippen LogP contribution in [0.3, 0.4) is 0 Å². The van der Waals surface area contributed by atoms with Crippen molar-refractivity contribution in [3.05, 3.63) is 29.8 Å². The molecular formula is C18H30N2O2. The van der Waals surface area contributed by atoms with Crippen LogP contribution < -0.4 is 10.1 Å². The Bertz CT molecular complexity index is 422. The van der Waals surface area contributed by atoms with E-state index < -0.39 is 0 Å². The van der Waals surface area contributed by atoms with Crippen molar-refractivity contribution in [1.29, 1.82) is 0 Å². The number of aliphatic hydroxyl groups is 1. The Morgan fingerprint density at radius 2 is 2.09 bits per heavy atom. The van der Waals surface area contributed by atoms with Gasteiger partial charge in [-0.2, -0.15) is 0 Å². The third kappa shape index (κ3) is 4.97. The summed E-state index contributed by atoms with van der Waals surface area (Å²) in [6.45, 7) is 8.26. The molecular weight excluding hydrogens is 276 g/mol. The lowest BCUT2D eigenvalue weighted by Gasteiger charge is -2.37. The van der Waals surface area contributed by atoms with E-state index in [4.69, 9.17) is 4.74 Å². The molecule has 2 N–H and O–H groups in total. The zero-order chi connectivity index (χ0) is 15.8. The number of nitrogens with one attached hydrogen (secondary N) is 1. The highest BCUT2D eigenvalue weighted by atomic mass is 16.5. The molecule has 0 radical (unpaired) electrons. The highest BCUT2D eigenvalue weighted by Crippen LogP contribution is 2.24. The molecule has 1 aliphatic rings. The summed E-state index contributed by atoms with van der Waals surface area (Å²) < 4.78 is 5.75. The summed E-state index contributed by atoms with van der Waals surface area (Å²) >= 11 is 0. The molecule has 0 bridgehead atoms. The Labute approximate surface area is 134 Å². The fourth-order valence-corrected chi connectivity index (χ4v) is 3.01. The van der Waals surface area contributed by atoms with Gasteiger partial charge in [0.05, 0.1) is 19.3 Å². The third-order valence-corrected chi connectivity index (χ3v) is 4.30. The zero-order valence-electron chi connectivity index (χ0n) is 13.9. The summed E-state index contributed by atoms with van der Waals surface area (Å²) in [5, 5.41) is 13.2. The van der Waals surface area contributed by atoms with E-state index in [-0.39, 0.29) is 12.6 Å². The Hall–Kier alpha value is -1.10. The molecule has 0 amide bonds. The lowest BCUT2D eigenvalue weighted by Crippen LogP contribution is -2.50. The predicted octanol–water partition coefficient (Wildman–Crippen LogP) is 2.58. The van der Waals surface area contributed by atoms with Gasteiger partial charge < -0.3 is 15.2 Å². The van der Waals surface area contributed by atoms with E-state index in [0.717, 1.165) is 44.0 Å². The molecule has 4 nitrogen and oxygen atoms in total. The van der Waals surface area contributed by atoms with Crippen molar-refractivity contribution in [2.45, 2.75) is 45.2 Å². The van der Waals surface area contributed by atoms with Crippen molar-refractivity contribution in [1.82, 2.24) is 10.2 Å². The van der Waals surface area contributed by atoms with E-state index in [0.29, 0.717) is 6.04 Å². The minimum atomic E-state index is 0.0821. The maximum Gasteiger partial charge on any atom is 0.119 e. The second kappa shape index (κ2) is 9.13. The summed E-state index contributed by atoms with van der Waals surface area (Å²) in [6, 6.07) is 8.78. The van der Waals surface area contributed by atoms with Gasteiger partial charge in [-0.15, -0.1) is 0 Å². The number of hydrogen-bond acceptors (Lipinski definition) is 4. The average molecular weight is 306 g/mol. The van der Waals surface area contributed by atoms with Crippen molar-refractivity contribution >= 4 is 0 Å². The lowest BCUT2D eigenvalue weighted by molar-refractivity contribution is 0.0962. The van der Waals surface area contributed by atoms with Crippen molar-refractivity contribution in [3.8, 4) is 5.75 Å². The first-order valence-electron chi connectivity index (χ1n) is 8.55. The number of piperazine rings is 1. The molecule has 0 spiro atoms. The van der Waals surface area contributed by atoms with E-state index in [1.54, 1.807) is 0 Å². The lowest BCUT2D eigenvalue weighted by atomic mass is 10.0. The molecule has 0 aromatic heterocycles. The summed E-state index contributed by atoms with van der Waals surface area (Å²) in [4.78, 5) is 2.36. The highest BCUT2D eigenvalue weighted by molar-refractivity contribution is 5.29. The molecule has 1 fully saturated rings. The van der Waals surface area contributed by atoms with Gasteiger partial charge in [0.25, 0.3) is 0 Å². The molecule has 1 aromatic carbocycles. The fraction of sp³-hybridized carbons (Fsp3) is 0.667. The molecule has 1 aliphatic heterocycles. The molecule has 0 aliphatic carbocycles. The maximum atomic E-state index is 9.79. The van der Waals surface area contributed by atoms with Gasteiger partial charge in [-0.3, -0.25) is 4.90 Å². The number of benzene rings is 1. The van der Waals surface area contributed by atoms with Gasteiger partial charge in [-0.1, -0.05) is 31.9 Å². The molecule has 124 valence electrons. The molecule has 1 saturated heterocycles. The van der Waals surface area contributed by atoms with Gasteiger partial charge in [0.1, 0.15) is 5.75 Å². The normalized spacial score (nSPS) is 20.8. The van der Waals surface area contributed by atoms with Crippen LogP contribution in [0, 0.1) is 0 Å². The van der Waals surface area contributed by atoms with Crippen LogP contribution in [0.4, 0.5) is 0 Å². The number of rotatable bonds is 8. The van der Waals surface area contributed by atoms with Crippen LogP contribution in [0.15, 0.2) is 24.3 Å². The van der Waals surface area contributed by atoms with Crippen LogP contribution in [0.1, 0.15) is 44.7 Å². The number of aliphatic hydroxyl groups excluding tert-OH is 1. The monoisotopic (exact) mass is 306 g/mol. The summed E-state index contributed by atoms with van der Waals surface area (Å²) in [5.74, 6) is 0.922.